The maximum atomic E-state index is 13.3. The average Bonchev–Trinajstić information content (AvgIpc) is 3.18. The molecule has 1 unspecified atom stereocenters. The van der Waals surface area contributed by atoms with Crippen molar-refractivity contribution in [2.24, 2.45) is 10.9 Å². The highest BCUT2D eigenvalue weighted by Gasteiger charge is 2.44. The number of nitrogens with zero attached hydrogens (tertiary/aromatic N) is 3. The zero-order valence-corrected chi connectivity index (χ0v) is 15.3. The lowest BCUT2D eigenvalue weighted by molar-refractivity contribution is -0.134. The molecule has 1 amide bonds. The number of amides is 1. The third kappa shape index (κ3) is 3.55. The summed E-state index contributed by atoms with van der Waals surface area (Å²) in [5.74, 6) is 0.609. The van der Waals surface area contributed by atoms with Gasteiger partial charge >= 0.3 is 0 Å². The lowest BCUT2D eigenvalue weighted by Gasteiger charge is -2.29. The molecule has 0 bridgehead atoms. The normalized spacial score (nSPS) is 26.7. The Hall–Kier alpha value is -1.93. The Morgan fingerprint density at radius 1 is 1.48 bits per heavy atom. The molecule has 3 heterocycles. The molecule has 3 atom stereocenters. The van der Waals surface area contributed by atoms with E-state index in [1.54, 1.807) is 11.0 Å². The second-order valence-electron chi connectivity index (χ2n) is 7.64. The van der Waals surface area contributed by atoms with Crippen molar-refractivity contribution >= 4 is 11.7 Å². The standard InChI is InChI=1S/C17H26N4O4/c1-9(2)14(13-6-10(3)19-24-13)16(23)21-8-11(22)7-12(21)15-18-17(4,5)25-20-15/h6,9,11-12,14,22H,7-8H2,1-5H3,(H,18,20)/t11-,12+,14?/m1/s1. The van der Waals surface area contributed by atoms with Crippen molar-refractivity contribution in [3.63, 3.8) is 0 Å². The lowest BCUT2D eigenvalue weighted by Crippen LogP contribution is -2.46. The van der Waals surface area contributed by atoms with Gasteiger partial charge in [0.1, 0.15) is 17.5 Å². The zero-order valence-electron chi connectivity index (χ0n) is 15.3. The highest BCUT2D eigenvalue weighted by molar-refractivity contribution is 5.94. The van der Waals surface area contributed by atoms with Crippen LogP contribution in [0.5, 0.6) is 0 Å². The Labute approximate surface area is 147 Å². The Kier molecular flexibility index (Phi) is 4.59. The van der Waals surface area contributed by atoms with Gasteiger partial charge in [0.05, 0.1) is 17.8 Å². The van der Waals surface area contributed by atoms with Crippen molar-refractivity contribution in [1.82, 2.24) is 15.5 Å². The summed E-state index contributed by atoms with van der Waals surface area (Å²) in [6.45, 7) is 9.70. The summed E-state index contributed by atoms with van der Waals surface area (Å²) in [5.41, 5.74) is 2.87. The minimum absolute atomic E-state index is 0.0319. The summed E-state index contributed by atoms with van der Waals surface area (Å²) in [6.07, 6.45) is -0.163. The maximum absolute atomic E-state index is 13.3. The predicted molar refractivity (Wildman–Crippen MR) is 90.7 cm³/mol. The number of rotatable bonds is 4. The Morgan fingerprint density at radius 2 is 2.20 bits per heavy atom. The van der Waals surface area contributed by atoms with E-state index in [4.69, 9.17) is 9.36 Å². The van der Waals surface area contributed by atoms with Crippen LogP contribution in [0, 0.1) is 12.8 Å². The Balaban J connectivity index is 1.88. The summed E-state index contributed by atoms with van der Waals surface area (Å²) in [4.78, 5) is 24.9. The van der Waals surface area contributed by atoms with Gasteiger partial charge in [-0.25, -0.2) is 15.3 Å². The van der Waals surface area contributed by atoms with Gasteiger partial charge in [-0.05, 0) is 26.7 Å². The molecule has 1 fully saturated rings. The van der Waals surface area contributed by atoms with Crippen LogP contribution in [-0.4, -0.2) is 51.3 Å². The molecule has 8 heteroatoms. The molecule has 1 aromatic heterocycles. The van der Waals surface area contributed by atoms with E-state index < -0.39 is 17.7 Å². The summed E-state index contributed by atoms with van der Waals surface area (Å²) in [7, 11) is 0. The van der Waals surface area contributed by atoms with Crippen LogP contribution >= 0.6 is 0 Å². The highest BCUT2D eigenvalue weighted by atomic mass is 16.7. The van der Waals surface area contributed by atoms with E-state index in [1.807, 2.05) is 34.6 Å². The number of carbonyl (C=O) groups excluding carboxylic acids is 1. The molecular weight excluding hydrogens is 324 g/mol. The molecule has 2 aliphatic heterocycles. The second kappa shape index (κ2) is 6.42. The van der Waals surface area contributed by atoms with Crippen molar-refractivity contribution in [2.45, 2.75) is 64.8 Å². The minimum atomic E-state index is -0.683. The van der Waals surface area contributed by atoms with Gasteiger partial charge in [-0.3, -0.25) is 4.79 Å². The SMILES string of the molecule is Cc1cc(C(C(=O)N2C[C@H](O)C[C@H]2C2=NC(C)(C)ON2)C(C)C)on1. The van der Waals surface area contributed by atoms with Gasteiger partial charge in [-0.15, -0.1) is 0 Å². The van der Waals surface area contributed by atoms with Crippen LogP contribution < -0.4 is 5.48 Å². The van der Waals surface area contributed by atoms with E-state index in [-0.39, 0.29) is 24.4 Å². The van der Waals surface area contributed by atoms with Crippen molar-refractivity contribution in [3.8, 4) is 0 Å². The Morgan fingerprint density at radius 3 is 2.72 bits per heavy atom. The molecular formula is C17H26N4O4. The summed E-state index contributed by atoms with van der Waals surface area (Å²) in [5, 5.41) is 14.1. The van der Waals surface area contributed by atoms with E-state index in [2.05, 4.69) is 15.6 Å². The van der Waals surface area contributed by atoms with Gasteiger partial charge < -0.3 is 14.5 Å². The molecule has 0 aromatic carbocycles. The van der Waals surface area contributed by atoms with Gasteiger partial charge in [0.25, 0.3) is 0 Å². The molecule has 2 N–H and O–H groups in total. The number of aliphatic hydroxyl groups excluding tert-OH is 1. The lowest BCUT2D eigenvalue weighted by atomic mass is 9.91. The van der Waals surface area contributed by atoms with Gasteiger partial charge in [0.2, 0.25) is 5.91 Å². The molecule has 25 heavy (non-hydrogen) atoms. The zero-order chi connectivity index (χ0) is 18.4. The third-order valence-corrected chi connectivity index (χ3v) is 4.56. The number of aliphatic imine (C=N–C) groups is 1. The van der Waals surface area contributed by atoms with Gasteiger partial charge in [0.15, 0.2) is 5.72 Å². The predicted octanol–water partition coefficient (Wildman–Crippen LogP) is 1.35. The van der Waals surface area contributed by atoms with Crippen LogP contribution in [-0.2, 0) is 9.63 Å². The van der Waals surface area contributed by atoms with Crippen LogP contribution in [0.1, 0.15) is 51.5 Å². The maximum Gasteiger partial charge on any atom is 0.234 e. The summed E-state index contributed by atoms with van der Waals surface area (Å²) >= 11 is 0. The molecule has 3 rings (SSSR count). The van der Waals surface area contributed by atoms with Crippen molar-refractivity contribution in [3.05, 3.63) is 17.5 Å². The fourth-order valence-corrected chi connectivity index (χ4v) is 3.42. The smallest absolute Gasteiger partial charge is 0.234 e. The summed E-state index contributed by atoms with van der Waals surface area (Å²) < 4.78 is 5.36. The number of aryl methyl sites for hydroxylation is 1. The molecule has 0 radical (unpaired) electrons. The van der Waals surface area contributed by atoms with Gasteiger partial charge in [-0.1, -0.05) is 19.0 Å². The molecule has 2 aliphatic rings. The van der Waals surface area contributed by atoms with Crippen molar-refractivity contribution in [2.75, 3.05) is 6.54 Å². The van der Waals surface area contributed by atoms with E-state index >= 15 is 0 Å². The number of likely N-dealkylation sites (tertiary alicyclic amines) is 1. The molecule has 0 aliphatic carbocycles. The van der Waals surface area contributed by atoms with Gasteiger partial charge in [-0.2, -0.15) is 0 Å². The van der Waals surface area contributed by atoms with Gasteiger partial charge in [0, 0.05) is 19.0 Å². The molecule has 1 saturated heterocycles. The van der Waals surface area contributed by atoms with Crippen molar-refractivity contribution < 1.29 is 19.3 Å². The highest BCUT2D eigenvalue weighted by Crippen LogP contribution is 2.32. The monoisotopic (exact) mass is 350 g/mol. The molecule has 8 nitrogen and oxygen atoms in total. The average molecular weight is 350 g/mol. The minimum Gasteiger partial charge on any atom is -0.391 e. The Bertz CT molecular complexity index is 682. The molecule has 0 spiro atoms. The summed E-state index contributed by atoms with van der Waals surface area (Å²) in [6, 6.07) is 1.45. The second-order valence-corrected chi connectivity index (χ2v) is 7.64. The first-order valence-electron chi connectivity index (χ1n) is 8.63. The van der Waals surface area contributed by atoms with Crippen LogP contribution in [0.2, 0.25) is 0 Å². The number of hydroxylamine groups is 1. The number of aliphatic hydroxyl groups is 1. The van der Waals surface area contributed by atoms with Crippen molar-refractivity contribution in [1.29, 1.82) is 0 Å². The molecule has 0 saturated carbocycles. The van der Waals surface area contributed by atoms with Crippen LogP contribution in [0.25, 0.3) is 0 Å². The number of amidine groups is 1. The van der Waals surface area contributed by atoms with E-state index in [9.17, 15) is 9.90 Å². The topological polar surface area (TPSA) is 100 Å². The van der Waals surface area contributed by atoms with Crippen LogP contribution in [0.4, 0.5) is 0 Å². The quantitative estimate of drug-likeness (QED) is 0.850. The van der Waals surface area contributed by atoms with E-state index in [0.29, 0.717) is 18.0 Å². The number of aromatic nitrogens is 1. The third-order valence-electron chi connectivity index (χ3n) is 4.56. The number of hydrogen-bond acceptors (Lipinski definition) is 7. The largest absolute Gasteiger partial charge is 0.391 e. The van der Waals surface area contributed by atoms with Crippen LogP contribution in [0.3, 0.4) is 0 Å². The first-order valence-corrected chi connectivity index (χ1v) is 8.63. The van der Waals surface area contributed by atoms with E-state index in [0.717, 1.165) is 5.69 Å². The molecule has 1 aromatic rings. The van der Waals surface area contributed by atoms with E-state index in [1.165, 1.54) is 0 Å². The number of hydrogen-bond donors (Lipinski definition) is 2. The number of β-amino-alcohol motifs (C(OH)–C–C–N with tert-alkyl or cyclic N) is 1. The van der Waals surface area contributed by atoms with Crippen LogP contribution in [0.15, 0.2) is 15.6 Å². The first kappa shape index (κ1) is 17.9. The molecule has 138 valence electrons. The fraction of sp³-hybridized carbons (Fsp3) is 0.706. The number of carbonyl (C=O) groups is 1. The number of nitrogens with one attached hydrogen (secondary N) is 1. The first-order chi connectivity index (χ1) is 11.7. The fourth-order valence-electron chi connectivity index (χ4n) is 3.42.